The molecule has 0 N–H and O–H groups in total. The average molecular weight is 352 g/mol. The number of nitrogens with zero attached hydrogens (tertiary/aromatic N) is 3. The van der Waals surface area contributed by atoms with Crippen LogP contribution in [-0.4, -0.2) is 40.0 Å². The van der Waals surface area contributed by atoms with Crippen LogP contribution in [0.1, 0.15) is 23.4 Å². The molecule has 0 bridgehead atoms. The van der Waals surface area contributed by atoms with E-state index in [1.807, 2.05) is 0 Å². The fourth-order valence-corrected chi connectivity index (χ4v) is 2.63. The summed E-state index contributed by atoms with van der Waals surface area (Å²) in [6.07, 6.45) is 4.81. The minimum Gasteiger partial charge on any atom is -0.472 e. The quantitative estimate of drug-likeness (QED) is 0.849. The van der Waals surface area contributed by atoms with Crippen LogP contribution in [0, 0.1) is 0 Å². The van der Waals surface area contributed by atoms with E-state index in [1.165, 1.54) is 6.33 Å². The van der Waals surface area contributed by atoms with E-state index >= 15 is 0 Å². The first-order chi connectivity index (χ1) is 10.2. The summed E-state index contributed by atoms with van der Waals surface area (Å²) in [5.41, 5.74) is 0. The molecule has 1 fully saturated rings. The van der Waals surface area contributed by atoms with E-state index in [-0.39, 0.29) is 12.0 Å². The Balaban J connectivity index is 1.64. The van der Waals surface area contributed by atoms with Crippen molar-refractivity contribution in [3.8, 4) is 5.88 Å². The van der Waals surface area contributed by atoms with Gasteiger partial charge in [0, 0.05) is 18.8 Å². The Kier molecular flexibility index (Phi) is 4.19. The van der Waals surface area contributed by atoms with Crippen LogP contribution < -0.4 is 4.74 Å². The fraction of sp³-hybridized carbons (Fsp3) is 0.357. The van der Waals surface area contributed by atoms with Crippen molar-refractivity contribution in [1.29, 1.82) is 0 Å². The second kappa shape index (κ2) is 6.26. The van der Waals surface area contributed by atoms with Gasteiger partial charge in [0.05, 0.1) is 6.54 Å². The number of hydrogen-bond donors (Lipinski definition) is 0. The maximum atomic E-state index is 12.3. The first kappa shape index (κ1) is 14.1. The van der Waals surface area contributed by atoms with Crippen molar-refractivity contribution < 1.29 is 13.9 Å². The van der Waals surface area contributed by atoms with Crippen molar-refractivity contribution in [3.63, 3.8) is 0 Å². The van der Waals surface area contributed by atoms with Crippen LogP contribution in [0.3, 0.4) is 0 Å². The lowest BCUT2D eigenvalue weighted by Crippen LogP contribution is -2.44. The number of likely N-dealkylation sites (tertiary alicyclic amines) is 1. The van der Waals surface area contributed by atoms with E-state index in [2.05, 4.69) is 25.9 Å². The van der Waals surface area contributed by atoms with E-state index in [1.54, 1.807) is 29.3 Å². The number of furan rings is 1. The monoisotopic (exact) mass is 351 g/mol. The Morgan fingerprint density at radius 1 is 1.43 bits per heavy atom. The maximum absolute atomic E-state index is 12.3. The molecule has 0 saturated carbocycles. The Morgan fingerprint density at radius 3 is 3.05 bits per heavy atom. The number of carbonyl (C=O) groups is 1. The van der Waals surface area contributed by atoms with Crippen LogP contribution in [0.25, 0.3) is 0 Å². The lowest BCUT2D eigenvalue weighted by Gasteiger charge is -2.32. The van der Waals surface area contributed by atoms with Gasteiger partial charge in [0.15, 0.2) is 10.4 Å². The predicted molar refractivity (Wildman–Crippen MR) is 78.0 cm³/mol. The molecule has 1 saturated heterocycles. The maximum Gasteiger partial charge on any atom is 0.289 e. The molecular formula is C14H14BrN3O3. The van der Waals surface area contributed by atoms with E-state index in [0.717, 1.165) is 12.8 Å². The van der Waals surface area contributed by atoms with Gasteiger partial charge in [-0.1, -0.05) is 0 Å². The number of piperidine rings is 1. The number of rotatable bonds is 3. The molecule has 6 nitrogen and oxygen atoms in total. The molecule has 3 heterocycles. The zero-order chi connectivity index (χ0) is 14.7. The zero-order valence-corrected chi connectivity index (χ0v) is 12.8. The molecule has 110 valence electrons. The SMILES string of the molecule is O=C(c1ccc(Br)o1)N1CCCC(Oc2ccncn2)C1. The number of carbonyl (C=O) groups excluding carboxylic acids is 1. The van der Waals surface area contributed by atoms with Gasteiger partial charge in [0.1, 0.15) is 12.4 Å². The highest BCUT2D eigenvalue weighted by atomic mass is 79.9. The molecule has 1 aliphatic rings. The third-order valence-electron chi connectivity index (χ3n) is 3.29. The van der Waals surface area contributed by atoms with Crippen LogP contribution in [0.15, 0.2) is 39.8 Å². The fourth-order valence-electron chi connectivity index (χ4n) is 2.32. The number of hydrogen-bond acceptors (Lipinski definition) is 5. The summed E-state index contributed by atoms with van der Waals surface area (Å²) in [6.45, 7) is 1.24. The molecule has 1 unspecified atom stereocenters. The molecule has 21 heavy (non-hydrogen) atoms. The van der Waals surface area contributed by atoms with Crippen molar-refractivity contribution >= 4 is 21.8 Å². The highest BCUT2D eigenvalue weighted by Gasteiger charge is 2.27. The smallest absolute Gasteiger partial charge is 0.289 e. The molecule has 1 aliphatic heterocycles. The highest BCUT2D eigenvalue weighted by Crippen LogP contribution is 2.20. The minimum absolute atomic E-state index is 0.0593. The van der Waals surface area contributed by atoms with Crippen molar-refractivity contribution in [2.75, 3.05) is 13.1 Å². The molecule has 0 radical (unpaired) electrons. The summed E-state index contributed by atoms with van der Waals surface area (Å²) in [4.78, 5) is 22.0. The molecule has 0 aromatic carbocycles. The van der Waals surface area contributed by atoms with E-state index in [4.69, 9.17) is 9.15 Å². The first-order valence-electron chi connectivity index (χ1n) is 6.69. The van der Waals surface area contributed by atoms with Crippen LogP contribution in [0.2, 0.25) is 0 Å². The zero-order valence-electron chi connectivity index (χ0n) is 11.2. The van der Waals surface area contributed by atoms with Gasteiger partial charge in [-0.2, -0.15) is 0 Å². The number of halogens is 1. The van der Waals surface area contributed by atoms with Gasteiger partial charge >= 0.3 is 0 Å². The van der Waals surface area contributed by atoms with Crippen LogP contribution >= 0.6 is 15.9 Å². The number of aromatic nitrogens is 2. The summed E-state index contributed by atoms with van der Waals surface area (Å²) in [5, 5.41) is 0. The molecule has 7 heteroatoms. The summed E-state index contributed by atoms with van der Waals surface area (Å²) >= 11 is 3.20. The van der Waals surface area contributed by atoms with Crippen LogP contribution in [0.4, 0.5) is 0 Å². The Hall–Kier alpha value is -1.89. The van der Waals surface area contributed by atoms with E-state index in [9.17, 15) is 4.79 Å². The molecule has 1 amide bonds. The second-order valence-electron chi connectivity index (χ2n) is 4.78. The molecule has 1 atom stereocenters. The van der Waals surface area contributed by atoms with Gasteiger partial charge in [0.2, 0.25) is 5.88 Å². The summed E-state index contributed by atoms with van der Waals surface area (Å²) in [7, 11) is 0. The Labute approximate surface area is 130 Å². The average Bonchev–Trinajstić information content (AvgIpc) is 2.94. The molecule has 2 aromatic heterocycles. The normalized spacial score (nSPS) is 18.5. The van der Waals surface area contributed by atoms with Crippen molar-refractivity contribution in [3.05, 3.63) is 41.2 Å². The third-order valence-corrected chi connectivity index (χ3v) is 3.72. The first-order valence-corrected chi connectivity index (χ1v) is 7.49. The van der Waals surface area contributed by atoms with Crippen molar-refractivity contribution in [2.45, 2.75) is 18.9 Å². The Bertz CT molecular complexity index is 617. The molecule has 2 aromatic rings. The van der Waals surface area contributed by atoms with E-state index < -0.39 is 0 Å². The van der Waals surface area contributed by atoms with Crippen LogP contribution in [-0.2, 0) is 0 Å². The standard InChI is InChI=1S/C14H14BrN3O3/c15-12-4-3-11(21-12)14(19)18-7-1-2-10(8-18)20-13-5-6-16-9-17-13/h3-6,9-10H,1-2,7-8H2. The largest absolute Gasteiger partial charge is 0.472 e. The lowest BCUT2D eigenvalue weighted by molar-refractivity contribution is 0.0499. The third kappa shape index (κ3) is 3.41. The molecular weight excluding hydrogens is 338 g/mol. The molecule has 0 aliphatic carbocycles. The number of amides is 1. The van der Waals surface area contributed by atoms with Gasteiger partial charge < -0.3 is 14.1 Å². The van der Waals surface area contributed by atoms with Crippen molar-refractivity contribution in [1.82, 2.24) is 14.9 Å². The number of ether oxygens (including phenoxy) is 1. The lowest BCUT2D eigenvalue weighted by atomic mass is 10.1. The van der Waals surface area contributed by atoms with Gasteiger partial charge in [-0.05, 0) is 40.9 Å². The summed E-state index contributed by atoms with van der Waals surface area (Å²) in [5.74, 6) is 0.756. The summed E-state index contributed by atoms with van der Waals surface area (Å²) < 4.78 is 11.7. The minimum atomic E-state index is -0.114. The Morgan fingerprint density at radius 2 is 2.33 bits per heavy atom. The summed E-state index contributed by atoms with van der Waals surface area (Å²) in [6, 6.07) is 5.10. The van der Waals surface area contributed by atoms with Crippen molar-refractivity contribution in [2.24, 2.45) is 0 Å². The van der Waals surface area contributed by atoms with Gasteiger partial charge in [-0.15, -0.1) is 0 Å². The molecule has 3 rings (SSSR count). The van der Waals surface area contributed by atoms with Gasteiger partial charge in [-0.3, -0.25) is 4.79 Å². The van der Waals surface area contributed by atoms with Gasteiger partial charge in [0.25, 0.3) is 5.91 Å². The topological polar surface area (TPSA) is 68.5 Å². The predicted octanol–water partition coefficient (Wildman–Crippen LogP) is 2.52. The highest BCUT2D eigenvalue weighted by molar-refractivity contribution is 9.10. The van der Waals surface area contributed by atoms with Gasteiger partial charge in [-0.25, -0.2) is 9.97 Å². The van der Waals surface area contributed by atoms with Crippen LogP contribution in [0.5, 0.6) is 5.88 Å². The second-order valence-corrected chi connectivity index (χ2v) is 5.57. The van der Waals surface area contributed by atoms with E-state index in [0.29, 0.717) is 29.4 Å². The molecule has 0 spiro atoms.